The first kappa shape index (κ1) is 25.9. The molecule has 0 saturated heterocycles. The number of fused-ring (bicyclic) bond motifs is 10. The first-order chi connectivity index (χ1) is 20.0. The predicted molar refractivity (Wildman–Crippen MR) is 169 cm³/mol. The van der Waals surface area contributed by atoms with E-state index in [1.807, 2.05) is 54.6 Å². The third kappa shape index (κ3) is 4.14. The van der Waals surface area contributed by atoms with Gasteiger partial charge in [0.15, 0.2) is 5.78 Å². The molecule has 200 valence electrons. The van der Waals surface area contributed by atoms with Crippen molar-refractivity contribution in [1.29, 1.82) is 0 Å². The molecule has 0 atom stereocenters. The van der Waals surface area contributed by atoms with E-state index in [4.69, 9.17) is 9.47 Å². The molecule has 4 aromatic carbocycles. The van der Waals surface area contributed by atoms with Crippen LogP contribution in [0.3, 0.4) is 0 Å². The second kappa shape index (κ2) is 10.1. The number of hydrogen-bond donors (Lipinski definition) is 0. The Hall–Kier alpha value is -4.07. The van der Waals surface area contributed by atoms with Gasteiger partial charge in [-0.25, -0.2) is 9.97 Å². The summed E-state index contributed by atoms with van der Waals surface area (Å²) in [6.07, 6.45) is 0.893. The number of ether oxygens (including phenoxy) is 2. The number of nitrogens with zero attached hydrogens (tertiary/aromatic N) is 2. The first-order valence-electron chi connectivity index (χ1n) is 13.0. The van der Waals surface area contributed by atoms with Crippen LogP contribution >= 0.6 is 31.9 Å². The topological polar surface area (TPSA) is 61.3 Å². The van der Waals surface area contributed by atoms with Crippen LogP contribution in [-0.2, 0) is 6.42 Å². The highest BCUT2D eigenvalue weighted by Gasteiger charge is 2.32. The summed E-state index contributed by atoms with van der Waals surface area (Å²) in [6.45, 7) is 0. The van der Waals surface area contributed by atoms with Gasteiger partial charge in [-0.15, -0.1) is 0 Å². The zero-order valence-electron chi connectivity index (χ0n) is 22.2. The highest BCUT2D eigenvalue weighted by atomic mass is 79.9. The normalized spacial score (nSPS) is 12.3. The van der Waals surface area contributed by atoms with Crippen LogP contribution in [0.5, 0.6) is 11.8 Å². The zero-order chi connectivity index (χ0) is 28.2. The molecule has 0 spiro atoms. The van der Waals surface area contributed by atoms with E-state index >= 15 is 0 Å². The smallest absolute Gasteiger partial charge is 0.225 e. The highest BCUT2D eigenvalue weighted by molar-refractivity contribution is 9.10. The largest absolute Gasteiger partial charge is 0.481 e. The minimum Gasteiger partial charge on any atom is -0.481 e. The number of rotatable bonds is 2. The molecule has 0 amide bonds. The summed E-state index contributed by atoms with van der Waals surface area (Å²) in [5.41, 5.74) is 10.0. The lowest BCUT2D eigenvalue weighted by molar-refractivity contribution is 0.104. The van der Waals surface area contributed by atoms with E-state index in [0.717, 1.165) is 48.8 Å². The fourth-order valence-corrected chi connectivity index (χ4v) is 6.61. The van der Waals surface area contributed by atoms with Crippen molar-refractivity contribution in [3.8, 4) is 34.0 Å². The Morgan fingerprint density at radius 1 is 0.634 bits per heavy atom. The monoisotopic (exact) mass is 664 g/mol. The van der Waals surface area contributed by atoms with E-state index in [2.05, 4.69) is 72.2 Å². The van der Waals surface area contributed by atoms with Crippen molar-refractivity contribution in [2.45, 2.75) is 6.42 Å². The molecule has 2 aliphatic carbocycles. The summed E-state index contributed by atoms with van der Waals surface area (Å²) < 4.78 is 12.9. The molecule has 0 saturated carbocycles. The third-order valence-electron chi connectivity index (χ3n) is 7.63. The van der Waals surface area contributed by atoms with E-state index in [-0.39, 0.29) is 5.78 Å². The number of pyridine rings is 2. The molecule has 7 heteroatoms. The van der Waals surface area contributed by atoms with Crippen molar-refractivity contribution in [2.24, 2.45) is 0 Å². The molecule has 5 nitrogen and oxygen atoms in total. The Kier molecular flexibility index (Phi) is 6.36. The maximum Gasteiger partial charge on any atom is 0.225 e. The van der Waals surface area contributed by atoms with Crippen molar-refractivity contribution in [2.75, 3.05) is 14.2 Å². The van der Waals surface area contributed by atoms with Gasteiger partial charge in [-0.3, -0.25) is 4.79 Å². The number of methoxy groups -OCH3 is 2. The molecule has 0 unspecified atom stereocenters. The van der Waals surface area contributed by atoms with Crippen molar-refractivity contribution in [1.82, 2.24) is 9.97 Å². The van der Waals surface area contributed by atoms with Crippen LogP contribution in [0.15, 0.2) is 93.9 Å². The van der Waals surface area contributed by atoms with Crippen LogP contribution in [0.1, 0.15) is 27.0 Å². The SMILES string of the molecule is COc1nc2ccc(Br)cc2c2c1C(=O)c1ccccc1-2.COc1nc2ccc(Br)cc2c2c1Cc1ccccc1-2. The van der Waals surface area contributed by atoms with Crippen LogP contribution in [-0.4, -0.2) is 30.0 Å². The van der Waals surface area contributed by atoms with Crippen LogP contribution in [0, 0.1) is 0 Å². The van der Waals surface area contributed by atoms with Crippen LogP contribution in [0.4, 0.5) is 0 Å². The summed E-state index contributed by atoms with van der Waals surface area (Å²) in [5, 5.41) is 2.14. The zero-order valence-corrected chi connectivity index (χ0v) is 25.3. The van der Waals surface area contributed by atoms with E-state index < -0.39 is 0 Å². The van der Waals surface area contributed by atoms with Gasteiger partial charge in [-0.05, 0) is 53.1 Å². The van der Waals surface area contributed by atoms with Crippen molar-refractivity contribution in [3.05, 3.63) is 116 Å². The molecule has 0 aliphatic heterocycles. The second-order valence-electron chi connectivity index (χ2n) is 9.88. The van der Waals surface area contributed by atoms with E-state index in [1.165, 1.54) is 27.6 Å². The number of hydrogen-bond acceptors (Lipinski definition) is 5. The molecule has 41 heavy (non-hydrogen) atoms. The summed E-state index contributed by atoms with van der Waals surface area (Å²) in [6, 6.07) is 28.2. The quantitative estimate of drug-likeness (QED) is 0.185. The van der Waals surface area contributed by atoms with Gasteiger partial charge in [-0.2, -0.15) is 0 Å². The van der Waals surface area contributed by atoms with E-state index in [9.17, 15) is 4.79 Å². The molecule has 2 aromatic heterocycles. The van der Waals surface area contributed by atoms with Crippen LogP contribution in [0.25, 0.3) is 44.1 Å². The van der Waals surface area contributed by atoms with Crippen LogP contribution < -0.4 is 9.47 Å². The maximum atomic E-state index is 12.7. The van der Waals surface area contributed by atoms with Gasteiger partial charge in [0.05, 0.1) is 30.8 Å². The standard InChI is InChI=1S/C17H10BrNO2.C17H12BrNO/c1-21-17-15-14(10-4-2-3-5-11(10)16(15)20)12-8-9(18)6-7-13(12)19-17;1-20-17-14-8-10-4-2-3-5-12(10)16(14)13-9-11(18)6-7-15(13)19-17/h2-8H,1H3;2-7,9H,8H2,1H3. The van der Waals surface area contributed by atoms with Gasteiger partial charge in [0.1, 0.15) is 0 Å². The average Bonchev–Trinajstić information content (AvgIpc) is 3.53. The molecule has 0 N–H and O–H groups in total. The Morgan fingerprint density at radius 2 is 1.20 bits per heavy atom. The van der Waals surface area contributed by atoms with Gasteiger partial charge < -0.3 is 9.47 Å². The molecule has 8 rings (SSSR count). The highest BCUT2D eigenvalue weighted by Crippen LogP contribution is 2.46. The Labute approximate surface area is 253 Å². The van der Waals surface area contributed by atoms with Crippen molar-refractivity contribution in [3.63, 3.8) is 0 Å². The second-order valence-corrected chi connectivity index (χ2v) is 11.7. The Morgan fingerprint density at radius 3 is 1.85 bits per heavy atom. The fourth-order valence-electron chi connectivity index (χ4n) is 5.89. The number of ketones is 1. The number of halogens is 2. The lowest BCUT2D eigenvalue weighted by Gasteiger charge is -2.10. The lowest BCUT2D eigenvalue weighted by atomic mass is 10.0. The number of benzene rings is 4. The summed E-state index contributed by atoms with van der Waals surface area (Å²) >= 11 is 7.04. The van der Waals surface area contributed by atoms with Gasteiger partial charge in [0.2, 0.25) is 11.8 Å². The minimum absolute atomic E-state index is 0.0215. The molecule has 0 bridgehead atoms. The Bertz CT molecular complexity index is 2060. The van der Waals surface area contributed by atoms with Crippen molar-refractivity contribution >= 4 is 59.4 Å². The lowest BCUT2D eigenvalue weighted by Crippen LogP contribution is -2.01. The Balaban J connectivity index is 0.000000135. The van der Waals surface area contributed by atoms with Gasteiger partial charge in [0.25, 0.3) is 0 Å². The van der Waals surface area contributed by atoms with Crippen molar-refractivity contribution < 1.29 is 14.3 Å². The van der Waals surface area contributed by atoms with Gasteiger partial charge >= 0.3 is 0 Å². The third-order valence-corrected chi connectivity index (χ3v) is 8.62. The van der Waals surface area contributed by atoms with Crippen LogP contribution in [0.2, 0.25) is 0 Å². The molecule has 2 aliphatic rings. The summed E-state index contributed by atoms with van der Waals surface area (Å²) in [7, 11) is 3.24. The minimum atomic E-state index is -0.0215. The molecular formula is C34H22Br2N2O3. The molecule has 2 heterocycles. The summed E-state index contributed by atoms with van der Waals surface area (Å²) in [4.78, 5) is 21.8. The number of carbonyl (C=O) groups excluding carboxylic acids is 1. The maximum absolute atomic E-state index is 12.7. The molecular weight excluding hydrogens is 644 g/mol. The fraction of sp³-hybridized carbons (Fsp3) is 0.0882. The average molecular weight is 666 g/mol. The number of aromatic nitrogens is 2. The summed E-state index contributed by atoms with van der Waals surface area (Å²) in [5.74, 6) is 1.11. The predicted octanol–water partition coefficient (Wildman–Crippen LogP) is 8.79. The van der Waals surface area contributed by atoms with Gasteiger partial charge in [0, 0.05) is 48.4 Å². The molecule has 0 radical (unpaired) electrons. The van der Waals surface area contributed by atoms with E-state index in [1.54, 1.807) is 14.2 Å². The van der Waals surface area contributed by atoms with Gasteiger partial charge in [-0.1, -0.05) is 80.4 Å². The molecule has 6 aromatic rings. The number of carbonyl (C=O) groups is 1. The molecule has 0 fully saturated rings. The first-order valence-corrected chi connectivity index (χ1v) is 14.6. The van der Waals surface area contributed by atoms with E-state index in [0.29, 0.717) is 17.0 Å².